The molecule has 0 saturated heterocycles. The van der Waals surface area contributed by atoms with E-state index in [0.717, 1.165) is 29.3 Å². The van der Waals surface area contributed by atoms with Crippen LogP contribution < -0.4 is 11.5 Å². The van der Waals surface area contributed by atoms with Crippen LogP contribution in [0.4, 0.5) is 0 Å². The van der Waals surface area contributed by atoms with Crippen molar-refractivity contribution in [1.29, 1.82) is 0 Å². The van der Waals surface area contributed by atoms with Crippen LogP contribution in [0.5, 0.6) is 0 Å². The highest BCUT2D eigenvalue weighted by atomic mass is 32.2. The second kappa shape index (κ2) is 6.09. The molecule has 0 spiro atoms. The molecule has 1 heterocycles. The quantitative estimate of drug-likeness (QED) is 0.583. The summed E-state index contributed by atoms with van der Waals surface area (Å²) in [5, 5.41) is 0. The molecule has 6 heteroatoms. The van der Waals surface area contributed by atoms with Gasteiger partial charge in [-0.15, -0.1) is 11.3 Å². The maximum absolute atomic E-state index is 11.1. The van der Waals surface area contributed by atoms with Gasteiger partial charge in [0.1, 0.15) is 4.88 Å². The summed E-state index contributed by atoms with van der Waals surface area (Å²) in [6.45, 7) is 0.672. The van der Waals surface area contributed by atoms with Crippen LogP contribution in [0.15, 0.2) is 4.34 Å². The second-order valence-corrected chi connectivity index (χ2v) is 5.12. The van der Waals surface area contributed by atoms with E-state index in [1.165, 1.54) is 23.1 Å². The molecule has 4 N–H and O–H groups in total. The number of aryl methyl sites for hydroxylation is 1. The smallest absolute Gasteiger partial charge is 0.260 e. The Morgan fingerprint density at radius 3 is 2.80 bits per heavy atom. The van der Waals surface area contributed by atoms with Gasteiger partial charge in [0.05, 0.1) is 5.69 Å². The van der Waals surface area contributed by atoms with E-state index in [0.29, 0.717) is 11.4 Å². The number of nitrogens with zero attached hydrogens (tertiary/aromatic N) is 1. The predicted molar refractivity (Wildman–Crippen MR) is 64.4 cm³/mol. The van der Waals surface area contributed by atoms with Gasteiger partial charge in [-0.05, 0) is 32.1 Å². The number of hydrogen-bond acceptors (Lipinski definition) is 5. The van der Waals surface area contributed by atoms with Gasteiger partial charge in [0.15, 0.2) is 4.34 Å². The Kier molecular flexibility index (Phi) is 5.07. The van der Waals surface area contributed by atoms with Gasteiger partial charge in [-0.1, -0.05) is 11.8 Å². The standard InChI is InChI=1S/C9H15N3OS2/c1-14-9-12-6(4-2-3-5-10)7(15-9)8(11)13/h2-5,10H2,1H3,(H2,11,13). The molecule has 0 unspecified atom stereocenters. The Hall–Kier alpha value is -0.590. The maximum Gasteiger partial charge on any atom is 0.260 e. The molecule has 0 aliphatic carbocycles. The topological polar surface area (TPSA) is 82.0 Å². The zero-order valence-corrected chi connectivity index (χ0v) is 10.3. The zero-order chi connectivity index (χ0) is 11.3. The average molecular weight is 245 g/mol. The number of hydrogen-bond donors (Lipinski definition) is 2. The number of nitrogens with two attached hydrogens (primary N) is 2. The van der Waals surface area contributed by atoms with E-state index in [1.807, 2.05) is 6.26 Å². The normalized spacial score (nSPS) is 10.5. The Balaban J connectivity index is 2.75. The van der Waals surface area contributed by atoms with Gasteiger partial charge in [0.2, 0.25) is 0 Å². The fraction of sp³-hybridized carbons (Fsp3) is 0.556. The molecule has 4 nitrogen and oxygen atoms in total. The van der Waals surface area contributed by atoms with Gasteiger partial charge < -0.3 is 11.5 Å². The van der Waals surface area contributed by atoms with Crippen molar-refractivity contribution in [2.24, 2.45) is 11.5 Å². The summed E-state index contributed by atoms with van der Waals surface area (Å²) >= 11 is 2.91. The summed E-state index contributed by atoms with van der Waals surface area (Å²) in [5.74, 6) is -0.379. The largest absolute Gasteiger partial charge is 0.365 e. The first-order valence-corrected chi connectivity index (χ1v) is 6.76. The van der Waals surface area contributed by atoms with Crippen molar-refractivity contribution < 1.29 is 4.79 Å². The Morgan fingerprint density at radius 1 is 1.53 bits per heavy atom. The predicted octanol–water partition coefficient (Wildman–Crippen LogP) is 1.25. The highest BCUT2D eigenvalue weighted by molar-refractivity contribution is 8.00. The third-order valence-corrected chi connectivity index (χ3v) is 4.04. The van der Waals surface area contributed by atoms with E-state index in [1.54, 1.807) is 0 Å². The van der Waals surface area contributed by atoms with Crippen LogP contribution in [0, 0.1) is 0 Å². The van der Waals surface area contributed by atoms with E-state index >= 15 is 0 Å². The van der Waals surface area contributed by atoms with Crippen LogP contribution in [0.2, 0.25) is 0 Å². The Labute approximate surface area is 97.4 Å². The van der Waals surface area contributed by atoms with Gasteiger partial charge in [-0.25, -0.2) is 4.98 Å². The van der Waals surface area contributed by atoms with Crippen molar-refractivity contribution in [3.63, 3.8) is 0 Å². The fourth-order valence-corrected chi connectivity index (χ4v) is 2.70. The molecular formula is C9H15N3OS2. The Morgan fingerprint density at radius 2 is 2.27 bits per heavy atom. The summed E-state index contributed by atoms with van der Waals surface area (Å²) in [6, 6.07) is 0. The highest BCUT2D eigenvalue weighted by Gasteiger charge is 2.14. The number of amides is 1. The number of thiazole rings is 1. The SMILES string of the molecule is CSc1nc(CCCCN)c(C(N)=O)s1. The van der Waals surface area contributed by atoms with E-state index < -0.39 is 0 Å². The second-order valence-electron chi connectivity index (χ2n) is 3.07. The van der Waals surface area contributed by atoms with Crippen molar-refractivity contribution in [1.82, 2.24) is 4.98 Å². The van der Waals surface area contributed by atoms with Crippen molar-refractivity contribution >= 4 is 29.0 Å². The zero-order valence-electron chi connectivity index (χ0n) is 8.66. The summed E-state index contributed by atoms with van der Waals surface area (Å²) in [6.07, 6.45) is 4.62. The minimum absolute atomic E-state index is 0.379. The van der Waals surface area contributed by atoms with E-state index in [9.17, 15) is 4.79 Å². The third kappa shape index (κ3) is 3.48. The van der Waals surface area contributed by atoms with Crippen LogP contribution in [0.3, 0.4) is 0 Å². The van der Waals surface area contributed by atoms with E-state index in [4.69, 9.17) is 11.5 Å². The molecule has 1 amide bonds. The number of rotatable bonds is 6. The number of carbonyl (C=O) groups excluding carboxylic acids is 1. The molecule has 0 aliphatic heterocycles. The van der Waals surface area contributed by atoms with Gasteiger partial charge in [0, 0.05) is 0 Å². The van der Waals surface area contributed by atoms with Crippen LogP contribution >= 0.6 is 23.1 Å². The number of thioether (sulfide) groups is 1. The number of aromatic nitrogens is 1. The lowest BCUT2D eigenvalue weighted by molar-refractivity contribution is 0.100. The van der Waals surface area contributed by atoms with Gasteiger partial charge >= 0.3 is 0 Å². The van der Waals surface area contributed by atoms with Crippen LogP contribution in [0.1, 0.15) is 28.2 Å². The molecule has 0 aromatic carbocycles. The van der Waals surface area contributed by atoms with Crippen molar-refractivity contribution in [3.05, 3.63) is 10.6 Å². The molecule has 0 radical (unpaired) electrons. The summed E-state index contributed by atoms with van der Waals surface area (Å²) in [5.41, 5.74) is 11.5. The number of unbranched alkanes of at least 4 members (excludes halogenated alkanes) is 1. The maximum atomic E-state index is 11.1. The first-order valence-electron chi connectivity index (χ1n) is 4.72. The van der Waals surface area contributed by atoms with Crippen molar-refractivity contribution in [2.45, 2.75) is 23.6 Å². The lowest BCUT2D eigenvalue weighted by Crippen LogP contribution is -2.11. The van der Waals surface area contributed by atoms with Crippen molar-refractivity contribution in [2.75, 3.05) is 12.8 Å². The van der Waals surface area contributed by atoms with Gasteiger partial charge in [0.25, 0.3) is 5.91 Å². The molecule has 1 aromatic heterocycles. The summed E-state index contributed by atoms with van der Waals surface area (Å²) < 4.78 is 0.895. The molecule has 15 heavy (non-hydrogen) atoms. The van der Waals surface area contributed by atoms with Crippen LogP contribution in [-0.4, -0.2) is 23.7 Å². The highest BCUT2D eigenvalue weighted by Crippen LogP contribution is 2.26. The Bertz CT molecular complexity index is 338. The number of carbonyl (C=O) groups is 1. The summed E-state index contributed by atoms with van der Waals surface area (Å²) in [7, 11) is 0. The van der Waals surface area contributed by atoms with E-state index in [-0.39, 0.29) is 5.91 Å². The molecule has 0 saturated carbocycles. The molecule has 0 aliphatic rings. The molecule has 0 bridgehead atoms. The van der Waals surface area contributed by atoms with Gasteiger partial charge in [-0.3, -0.25) is 4.79 Å². The summed E-state index contributed by atoms with van der Waals surface area (Å²) in [4.78, 5) is 16.1. The molecule has 84 valence electrons. The minimum atomic E-state index is -0.379. The molecule has 1 rings (SSSR count). The minimum Gasteiger partial charge on any atom is -0.365 e. The average Bonchev–Trinajstić information content (AvgIpc) is 2.62. The van der Waals surface area contributed by atoms with Crippen LogP contribution in [-0.2, 0) is 6.42 Å². The van der Waals surface area contributed by atoms with Crippen LogP contribution in [0.25, 0.3) is 0 Å². The number of primary amides is 1. The first kappa shape index (κ1) is 12.5. The third-order valence-electron chi connectivity index (χ3n) is 1.94. The monoisotopic (exact) mass is 245 g/mol. The lowest BCUT2D eigenvalue weighted by Gasteiger charge is -1.97. The lowest BCUT2D eigenvalue weighted by atomic mass is 10.2. The van der Waals surface area contributed by atoms with Gasteiger partial charge in [-0.2, -0.15) is 0 Å². The molecule has 0 atom stereocenters. The van der Waals surface area contributed by atoms with Crippen molar-refractivity contribution in [3.8, 4) is 0 Å². The molecule has 0 fully saturated rings. The first-order chi connectivity index (χ1) is 7.19. The van der Waals surface area contributed by atoms with E-state index in [2.05, 4.69) is 4.98 Å². The molecule has 1 aromatic rings. The molecular weight excluding hydrogens is 230 g/mol. The fourth-order valence-electron chi connectivity index (χ4n) is 1.22.